The Morgan fingerprint density at radius 2 is 0.697 bits per heavy atom. The molecule has 0 heterocycles. The molecule has 0 fully saturated rings. The zero-order valence-electron chi connectivity index (χ0n) is 20.3. The van der Waals surface area contributed by atoms with Crippen LogP contribution in [0, 0.1) is 27.7 Å². The minimum atomic E-state index is -0.354. The second-order valence-electron chi connectivity index (χ2n) is 9.01. The van der Waals surface area contributed by atoms with Crippen LogP contribution in [-0.2, 0) is 0 Å². The van der Waals surface area contributed by atoms with Crippen LogP contribution in [0.2, 0.25) is 0 Å². The van der Waals surface area contributed by atoms with Gasteiger partial charge in [-0.2, -0.15) is 0 Å². The summed E-state index contributed by atoms with van der Waals surface area (Å²) in [5, 5.41) is 6.02. The van der Waals surface area contributed by atoms with Gasteiger partial charge in [-0.15, -0.1) is 0 Å². The first kappa shape index (κ1) is 23.9. The molecule has 0 nitrogen and oxygen atoms in total. The molecular weight excluding hydrogens is 434 g/mol. The molecule has 0 unspecified atom stereocenters. The van der Waals surface area contributed by atoms with Crippen molar-refractivity contribution in [1.82, 2.24) is 0 Å². The Balaban J connectivity index is 1.60. The first-order valence-corrected chi connectivity index (χ1v) is 14.9. The van der Waals surface area contributed by atoms with Crippen molar-refractivity contribution in [3.63, 3.8) is 0 Å². The summed E-state index contributed by atoms with van der Waals surface area (Å²) >= 11 is 0. The standard InChI is InChI=1S/C31H34P2/c1-24-10-5-14-28(20-24)32(29-15-6-11-25(2)21-29)18-9-19-33(30-16-7-12-26(3)22-30)31-17-8-13-27(4)23-31/h5-8,10-17,20-23H,9,18-19H2,1-4H3. The molecule has 0 spiro atoms. The topological polar surface area (TPSA) is 0 Å². The van der Waals surface area contributed by atoms with Crippen LogP contribution in [0.1, 0.15) is 28.7 Å². The molecule has 33 heavy (non-hydrogen) atoms. The molecule has 0 atom stereocenters. The average molecular weight is 469 g/mol. The number of hydrogen-bond donors (Lipinski definition) is 0. The summed E-state index contributed by atoms with van der Waals surface area (Å²) < 4.78 is 0. The smallest absolute Gasteiger partial charge is 0.0193 e. The molecule has 0 aliphatic heterocycles. The van der Waals surface area contributed by atoms with Crippen LogP contribution in [0.25, 0.3) is 0 Å². The van der Waals surface area contributed by atoms with Crippen LogP contribution in [0.5, 0.6) is 0 Å². The van der Waals surface area contributed by atoms with Crippen molar-refractivity contribution in [1.29, 1.82) is 0 Å². The Morgan fingerprint density at radius 1 is 0.424 bits per heavy atom. The molecule has 0 N–H and O–H groups in total. The summed E-state index contributed by atoms with van der Waals surface area (Å²) in [6.45, 7) is 8.84. The summed E-state index contributed by atoms with van der Waals surface area (Å²) in [6, 6.07) is 36.7. The molecule has 0 saturated heterocycles. The number of hydrogen-bond acceptors (Lipinski definition) is 0. The maximum absolute atomic E-state index is 2.40. The minimum absolute atomic E-state index is 0.354. The Morgan fingerprint density at radius 3 is 0.939 bits per heavy atom. The van der Waals surface area contributed by atoms with E-state index in [0.29, 0.717) is 0 Å². The zero-order chi connectivity index (χ0) is 23.2. The highest BCUT2D eigenvalue weighted by Gasteiger charge is 2.18. The quantitative estimate of drug-likeness (QED) is 0.247. The second-order valence-corrected chi connectivity index (χ2v) is 13.7. The molecule has 4 aromatic rings. The van der Waals surface area contributed by atoms with Gasteiger partial charge in [-0.1, -0.05) is 119 Å². The van der Waals surface area contributed by atoms with Crippen molar-refractivity contribution in [2.45, 2.75) is 34.1 Å². The molecule has 0 radical (unpaired) electrons. The van der Waals surface area contributed by atoms with Crippen molar-refractivity contribution < 1.29 is 0 Å². The first-order valence-electron chi connectivity index (χ1n) is 11.8. The largest absolute Gasteiger partial charge is 0.0614 e. The fourth-order valence-electron chi connectivity index (χ4n) is 4.38. The summed E-state index contributed by atoms with van der Waals surface area (Å²) in [4.78, 5) is 0. The Labute approximate surface area is 202 Å². The molecule has 0 aliphatic carbocycles. The minimum Gasteiger partial charge on any atom is -0.0614 e. The lowest BCUT2D eigenvalue weighted by atomic mass is 10.2. The van der Waals surface area contributed by atoms with Crippen molar-refractivity contribution in [2.24, 2.45) is 0 Å². The Bertz CT molecular complexity index is 1020. The van der Waals surface area contributed by atoms with Gasteiger partial charge in [0.25, 0.3) is 0 Å². The molecule has 0 bridgehead atoms. The predicted octanol–water partition coefficient (Wildman–Crippen LogP) is 6.88. The summed E-state index contributed by atoms with van der Waals surface area (Å²) in [5.74, 6) is 0. The van der Waals surface area contributed by atoms with Gasteiger partial charge >= 0.3 is 0 Å². The predicted molar refractivity (Wildman–Crippen MR) is 151 cm³/mol. The Kier molecular flexibility index (Phi) is 8.14. The van der Waals surface area contributed by atoms with Crippen LogP contribution in [0.15, 0.2) is 97.1 Å². The molecule has 0 saturated carbocycles. The van der Waals surface area contributed by atoms with E-state index >= 15 is 0 Å². The first-order chi connectivity index (χ1) is 16.0. The van der Waals surface area contributed by atoms with Crippen molar-refractivity contribution >= 4 is 37.1 Å². The summed E-state index contributed by atoms with van der Waals surface area (Å²) in [6.07, 6.45) is 3.71. The van der Waals surface area contributed by atoms with Gasteiger partial charge in [0, 0.05) is 0 Å². The van der Waals surface area contributed by atoms with E-state index in [1.807, 2.05) is 0 Å². The third-order valence-corrected chi connectivity index (χ3v) is 11.1. The van der Waals surface area contributed by atoms with E-state index in [1.54, 1.807) is 0 Å². The van der Waals surface area contributed by atoms with E-state index in [9.17, 15) is 0 Å². The maximum atomic E-state index is 2.40. The van der Waals surface area contributed by atoms with Crippen LogP contribution in [-0.4, -0.2) is 12.3 Å². The number of aryl methyl sites for hydroxylation is 4. The third-order valence-electron chi connectivity index (χ3n) is 6.02. The van der Waals surface area contributed by atoms with Crippen molar-refractivity contribution in [3.05, 3.63) is 119 Å². The van der Waals surface area contributed by atoms with Gasteiger partial charge in [0.1, 0.15) is 0 Å². The van der Waals surface area contributed by atoms with Crippen LogP contribution in [0.4, 0.5) is 0 Å². The fraction of sp³-hybridized carbons (Fsp3) is 0.226. The number of rotatable bonds is 8. The molecule has 168 valence electrons. The molecule has 0 aromatic heterocycles. The van der Waals surface area contributed by atoms with E-state index in [0.717, 1.165) is 0 Å². The molecule has 2 heteroatoms. The molecular formula is C31H34P2. The summed E-state index contributed by atoms with van der Waals surface area (Å²) in [7, 11) is -0.708. The molecule has 4 rings (SSSR count). The second kappa shape index (κ2) is 11.2. The van der Waals surface area contributed by atoms with E-state index in [-0.39, 0.29) is 15.8 Å². The highest BCUT2D eigenvalue weighted by molar-refractivity contribution is 7.74. The van der Waals surface area contributed by atoms with E-state index in [2.05, 4.69) is 125 Å². The van der Waals surface area contributed by atoms with E-state index < -0.39 is 0 Å². The van der Waals surface area contributed by atoms with Gasteiger partial charge in [-0.25, -0.2) is 0 Å². The fourth-order valence-corrected chi connectivity index (χ4v) is 9.71. The van der Waals surface area contributed by atoms with Crippen molar-refractivity contribution in [3.8, 4) is 0 Å². The highest BCUT2D eigenvalue weighted by Crippen LogP contribution is 2.40. The SMILES string of the molecule is Cc1cccc(P(CCCP(c2cccc(C)c2)c2cccc(C)c2)c2cccc(C)c2)c1. The molecule has 4 aromatic carbocycles. The Hall–Kier alpha value is -2.26. The summed E-state index contributed by atoms with van der Waals surface area (Å²) in [5.41, 5.74) is 5.42. The van der Waals surface area contributed by atoms with E-state index in [1.165, 1.54) is 62.2 Å². The number of benzene rings is 4. The highest BCUT2D eigenvalue weighted by atomic mass is 31.1. The van der Waals surface area contributed by atoms with Gasteiger partial charge in [0.2, 0.25) is 0 Å². The normalized spacial score (nSPS) is 11.3. The monoisotopic (exact) mass is 468 g/mol. The molecule has 0 aliphatic rings. The molecule has 0 amide bonds. The lowest BCUT2D eigenvalue weighted by Crippen LogP contribution is -2.18. The van der Waals surface area contributed by atoms with Crippen LogP contribution < -0.4 is 21.2 Å². The van der Waals surface area contributed by atoms with Crippen molar-refractivity contribution in [2.75, 3.05) is 12.3 Å². The van der Waals surface area contributed by atoms with Gasteiger partial charge < -0.3 is 0 Å². The van der Waals surface area contributed by atoms with Crippen LogP contribution in [0.3, 0.4) is 0 Å². The van der Waals surface area contributed by atoms with E-state index in [4.69, 9.17) is 0 Å². The maximum Gasteiger partial charge on any atom is -0.0193 e. The van der Waals surface area contributed by atoms with Gasteiger partial charge in [0.05, 0.1) is 0 Å². The zero-order valence-corrected chi connectivity index (χ0v) is 22.0. The van der Waals surface area contributed by atoms with Gasteiger partial charge in [-0.3, -0.25) is 0 Å². The average Bonchev–Trinajstić information content (AvgIpc) is 2.79. The van der Waals surface area contributed by atoms with Gasteiger partial charge in [-0.05, 0) is 83.5 Å². The lowest BCUT2D eigenvalue weighted by Gasteiger charge is -2.23. The van der Waals surface area contributed by atoms with Gasteiger partial charge in [0.15, 0.2) is 0 Å². The van der Waals surface area contributed by atoms with Crippen LogP contribution >= 0.6 is 15.8 Å². The lowest BCUT2D eigenvalue weighted by molar-refractivity contribution is 1.11. The third kappa shape index (κ3) is 6.41.